The van der Waals surface area contributed by atoms with Gasteiger partial charge in [0, 0.05) is 55.5 Å². The Morgan fingerprint density at radius 3 is 2.06 bits per heavy atom. The van der Waals surface area contributed by atoms with Gasteiger partial charge in [-0.15, -0.1) is 0 Å². The van der Waals surface area contributed by atoms with E-state index in [1.807, 2.05) is 60.9 Å². The van der Waals surface area contributed by atoms with Gasteiger partial charge in [0.2, 0.25) is 0 Å². The summed E-state index contributed by atoms with van der Waals surface area (Å²) in [6, 6.07) is 21.9. The Labute approximate surface area is 313 Å². The van der Waals surface area contributed by atoms with Gasteiger partial charge in [-0.25, -0.2) is 0 Å². The summed E-state index contributed by atoms with van der Waals surface area (Å²) in [5.41, 5.74) is 12.3. The number of nitrogens with zero attached hydrogens (tertiary/aromatic N) is 3. The van der Waals surface area contributed by atoms with E-state index in [9.17, 15) is 9.59 Å². The minimum Gasteiger partial charge on any atom is -0.497 e. The molecule has 0 radical (unpaired) electrons. The molecule has 0 aromatic heterocycles. The number of rotatable bonds is 11. The van der Waals surface area contributed by atoms with Gasteiger partial charge in [-0.1, -0.05) is 24.3 Å². The molecule has 0 fully saturated rings. The van der Waals surface area contributed by atoms with E-state index in [0.29, 0.717) is 90.1 Å². The van der Waals surface area contributed by atoms with E-state index in [4.69, 9.17) is 34.4 Å². The predicted octanol–water partition coefficient (Wildman–Crippen LogP) is 7.38. The molecule has 4 aromatic carbocycles. The number of hydrogen-bond acceptors (Lipinski definition) is 10. The summed E-state index contributed by atoms with van der Waals surface area (Å²) < 4.78 is 28.7. The molecule has 3 heterocycles. The number of nitrogens with one attached hydrogen (secondary N) is 1. The second kappa shape index (κ2) is 16.0. The number of aliphatic imine (C=N–C) groups is 2. The molecule has 12 nitrogen and oxygen atoms in total. The molecule has 7 rings (SSSR count). The second-order valence-corrected chi connectivity index (χ2v) is 12.9. The zero-order valence-corrected chi connectivity index (χ0v) is 30.3. The third kappa shape index (κ3) is 7.63. The van der Waals surface area contributed by atoms with Crippen LogP contribution in [0.2, 0.25) is 0 Å². The Balaban J connectivity index is 0.989. The van der Waals surface area contributed by atoms with Crippen molar-refractivity contribution < 1.29 is 33.3 Å². The molecule has 4 aromatic rings. The van der Waals surface area contributed by atoms with Gasteiger partial charge in [0.1, 0.15) is 5.75 Å². The SMILES string of the molecule is COc1ccc(C2=CN3C(=O)c4cc(OC)c(OCCCOc5cc6c(cc5OC)C(=O)N/C=C(/c5ccc(N)cc5)CC/C=N\6)cc4N=C[C@@H]3C2)cc1. The number of nitrogen functional groups attached to an aromatic ring is 1. The van der Waals surface area contributed by atoms with E-state index < -0.39 is 0 Å². The van der Waals surface area contributed by atoms with Crippen molar-refractivity contribution >= 4 is 52.5 Å². The predicted molar refractivity (Wildman–Crippen MR) is 209 cm³/mol. The molecule has 0 saturated heterocycles. The third-order valence-corrected chi connectivity index (χ3v) is 9.44. The van der Waals surface area contributed by atoms with Crippen LogP contribution in [-0.2, 0) is 0 Å². The standard InChI is InChI=1S/C42H41N5O7/c1-50-32-13-9-27(10-14-32)29-18-31-24-45-36-22-40(38(52-3)20-34(36)42(49)47(31)25-29)54-17-5-16-53-39-21-35-33(19-37(39)51-2)41(48)46-23-28(6-4-15-44-35)26-7-11-30(43)12-8-26/h7-15,19-25,31H,4-6,16-18,43H2,1-3H3,(H,46,48)/b28-23+,44-15-/t31-/m0/s1. The number of fused-ring (bicyclic) bond motifs is 3. The quantitative estimate of drug-likeness (QED) is 0.120. The number of allylic oxidation sites excluding steroid dienone is 1. The van der Waals surface area contributed by atoms with Gasteiger partial charge in [0.25, 0.3) is 11.8 Å². The highest BCUT2D eigenvalue weighted by Crippen LogP contribution is 2.40. The number of carbonyl (C=O) groups excluding carboxylic acids is 2. The van der Waals surface area contributed by atoms with Crippen molar-refractivity contribution in [2.24, 2.45) is 9.98 Å². The highest BCUT2D eigenvalue weighted by molar-refractivity contribution is 6.05. The molecule has 2 amide bonds. The van der Waals surface area contributed by atoms with E-state index in [2.05, 4.69) is 10.3 Å². The molecule has 12 heteroatoms. The number of nitrogens with two attached hydrogens (primary N) is 1. The van der Waals surface area contributed by atoms with Crippen LogP contribution in [0.3, 0.4) is 0 Å². The summed E-state index contributed by atoms with van der Waals surface area (Å²) >= 11 is 0. The Morgan fingerprint density at radius 2 is 1.39 bits per heavy atom. The van der Waals surface area contributed by atoms with Crippen molar-refractivity contribution in [3.05, 3.63) is 107 Å². The monoisotopic (exact) mass is 727 g/mol. The Bertz CT molecular complexity index is 2170. The van der Waals surface area contributed by atoms with Crippen LogP contribution in [0.25, 0.3) is 11.1 Å². The average Bonchev–Trinajstić information content (AvgIpc) is 3.58. The fraction of sp³-hybridized carbons (Fsp3) is 0.238. The first-order valence-corrected chi connectivity index (χ1v) is 17.6. The minimum absolute atomic E-state index is 0.160. The first kappa shape index (κ1) is 35.8. The average molecular weight is 728 g/mol. The highest BCUT2D eigenvalue weighted by Gasteiger charge is 2.33. The number of carbonyl (C=O) groups is 2. The van der Waals surface area contributed by atoms with Crippen molar-refractivity contribution in [1.29, 1.82) is 0 Å². The van der Waals surface area contributed by atoms with Crippen molar-refractivity contribution in [1.82, 2.24) is 10.2 Å². The molecule has 54 heavy (non-hydrogen) atoms. The van der Waals surface area contributed by atoms with Gasteiger partial charge in [-0.3, -0.25) is 19.6 Å². The van der Waals surface area contributed by atoms with E-state index in [-0.39, 0.29) is 17.9 Å². The van der Waals surface area contributed by atoms with Crippen LogP contribution in [0, 0.1) is 0 Å². The fourth-order valence-corrected chi connectivity index (χ4v) is 6.52. The molecule has 1 atom stereocenters. The Kier molecular flexibility index (Phi) is 10.6. The fourth-order valence-electron chi connectivity index (χ4n) is 6.52. The van der Waals surface area contributed by atoms with Crippen LogP contribution in [-0.4, -0.2) is 69.7 Å². The summed E-state index contributed by atoms with van der Waals surface area (Å²) in [6.07, 6.45) is 9.75. The Hall–Kier alpha value is -6.56. The number of amides is 2. The summed E-state index contributed by atoms with van der Waals surface area (Å²) in [5, 5.41) is 2.91. The summed E-state index contributed by atoms with van der Waals surface area (Å²) in [7, 11) is 4.70. The molecular weight excluding hydrogens is 686 g/mol. The van der Waals surface area contributed by atoms with Crippen LogP contribution in [0.4, 0.5) is 17.1 Å². The third-order valence-electron chi connectivity index (χ3n) is 9.44. The maximum atomic E-state index is 13.7. The lowest BCUT2D eigenvalue weighted by Gasteiger charge is -2.19. The summed E-state index contributed by atoms with van der Waals surface area (Å²) in [5.74, 6) is 2.06. The first-order chi connectivity index (χ1) is 26.3. The van der Waals surface area contributed by atoms with Crippen molar-refractivity contribution in [3.8, 4) is 28.7 Å². The molecule has 0 unspecified atom stereocenters. The van der Waals surface area contributed by atoms with Crippen LogP contribution in [0.5, 0.6) is 28.7 Å². The van der Waals surface area contributed by atoms with E-state index in [0.717, 1.165) is 28.0 Å². The van der Waals surface area contributed by atoms with Gasteiger partial charge >= 0.3 is 0 Å². The number of methoxy groups -OCH3 is 3. The largest absolute Gasteiger partial charge is 0.497 e. The number of ether oxygens (including phenoxy) is 5. The second-order valence-electron chi connectivity index (χ2n) is 12.9. The zero-order chi connectivity index (χ0) is 37.6. The van der Waals surface area contributed by atoms with Gasteiger partial charge in [-0.2, -0.15) is 0 Å². The normalized spacial score (nSPS) is 17.8. The number of benzene rings is 4. The van der Waals surface area contributed by atoms with Gasteiger partial charge in [-0.05, 0) is 71.5 Å². The van der Waals surface area contributed by atoms with E-state index in [1.54, 1.807) is 48.7 Å². The molecule has 0 bridgehead atoms. The lowest BCUT2D eigenvalue weighted by Crippen LogP contribution is -2.32. The van der Waals surface area contributed by atoms with Crippen molar-refractivity contribution in [3.63, 3.8) is 0 Å². The molecule has 0 spiro atoms. The number of anilines is 1. The maximum absolute atomic E-state index is 13.7. The molecule has 0 aliphatic carbocycles. The van der Waals surface area contributed by atoms with E-state index in [1.165, 1.54) is 14.2 Å². The van der Waals surface area contributed by atoms with Gasteiger partial charge in [0.05, 0.1) is 63.1 Å². The summed E-state index contributed by atoms with van der Waals surface area (Å²) in [6.45, 7) is 0.591. The molecular formula is C42H41N5O7. The number of hydrogen-bond donors (Lipinski definition) is 2. The van der Waals surface area contributed by atoms with Crippen LogP contribution < -0.4 is 34.7 Å². The lowest BCUT2D eigenvalue weighted by atomic mass is 10.0. The van der Waals surface area contributed by atoms with Crippen LogP contribution >= 0.6 is 0 Å². The molecule has 276 valence electrons. The Morgan fingerprint density at radius 1 is 0.759 bits per heavy atom. The van der Waals surface area contributed by atoms with Gasteiger partial charge < -0.3 is 39.6 Å². The van der Waals surface area contributed by atoms with Crippen molar-refractivity contribution in [2.45, 2.75) is 31.7 Å². The highest BCUT2D eigenvalue weighted by atomic mass is 16.5. The molecule has 3 aliphatic rings. The van der Waals surface area contributed by atoms with Crippen molar-refractivity contribution in [2.75, 3.05) is 40.3 Å². The van der Waals surface area contributed by atoms with Crippen LogP contribution in [0.1, 0.15) is 57.5 Å². The molecule has 3 N–H and O–H groups in total. The first-order valence-electron chi connectivity index (χ1n) is 17.6. The lowest BCUT2D eigenvalue weighted by molar-refractivity contribution is 0.0817. The van der Waals surface area contributed by atoms with Gasteiger partial charge in [0.15, 0.2) is 23.0 Å². The topological polar surface area (TPSA) is 146 Å². The minimum atomic E-state index is -0.314. The summed E-state index contributed by atoms with van der Waals surface area (Å²) in [4.78, 5) is 38.0. The smallest absolute Gasteiger partial charge is 0.260 e. The zero-order valence-electron chi connectivity index (χ0n) is 30.3. The van der Waals surface area contributed by atoms with Crippen LogP contribution in [0.15, 0.2) is 95.2 Å². The van der Waals surface area contributed by atoms with E-state index >= 15 is 0 Å². The maximum Gasteiger partial charge on any atom is 0.260 e. The molecule has 0 saturated carbocycles. The molecule has 3 aliphatic heterocycles.